The fourth-order valence-corrected chi connectivity index (χ4v) is 5.30. The number of anilines is 2. The standard InChI is InChI=1S/C26H24Cl2N2O4S/c1-3-33-22-13-17(26-30(24(32)15-35-26)20-9-7-18(27)8-10-20)12-21(28)25(22)34-14-23(31)29-19-6-4-5-16(2)11-19/h4-13,26H,3,14-15H2,1-2H3,(H,29,31)/t26-/m1/s1. The van der Waals surface area contributed by atoms with Crippen molar-refractivity contribution in [2.75, 3.05) is 29.2 Å². The lowest BCUT2D eigenvalue weighted by Crippen LogP contribution is -2.27. The Morgan fingerprint density at radius 2 is 1.89 bits per heavy atom. The first kappa shape index (κ1) is 25.2. The van der Waals surface area contributed by atoms with E-state index >= 15 is 0 Å². The van der Waals surface area contributed by atoms with E-state index in [9.17, 15) is 9.59 Å². The molecule has 0 bridgehead atoms. The highest BCUT2D eigenvalue weighted by Gasteiger charge is 2.35. The minimum absolute atomic E-state index is 0.00967. The van der Waals surface area contributed by atoms with E-state index < -0.39 is 0 Å². The predicted octanol–water partition coefficient (Wildman–Crippen LogP) is 6.50. The molecule has 2 amide bonds. The van der Waals surface area contributed by atoms with Gasteiger partial charge < -0.3 is 14.8 Å². The zero-order valence-corrected chi connectivity index (χ0v) is 21.5. The van der Waals surface area contributed by atoms with E-state index in [1.165, 1.54) is 11.8 Å². The smallest absolute Gasteiger partial charge is 0.262 e. The van der Waals surface area contributed by atoms with Gasteiger partial charge in [-0.2, -0.15) is 0 Å². The van der Waals surface area contributed by atoms with Crippen molar-refractivity contribution >= 4 is 58.2 Å². The molecule has 0 saturated carbocycles. The number of hydrogen-bond donors (Lipinski definition) is 1. The third kappa shape index (κ3) is 6.04. The first-order valence-electron chi connectivity index (χ1n) is 11.0. The van der Waals surface area contributed by atoms with Crippen molar-refractivity contribution in [1.82, 2.24) is 0 Å². The molecule has 4 rings (SSSR count). The summed E-state index contributed by atoms with van der Waals surface area (Å²) in [7, 11) is 0. The number of nitrogens with zero attached hydrogens (tertiary/aromatic N) is 1. The lowest BCUT2D eigenvalue weighted by Gasteiger charge is -2.25. The van der Waals surface area contributed by atoms with Crippen LogP contribution in [0.3, 0.4) is 0 Å². The molecule has 0 aliphatic carbocycles. The summed E-state index contributed by atoms with van der Waals surface area (Å²) in [6.45, 7) is 3.94. The number of carbonyl (C=O) groups is 2. The summed E-state index contributed by atoms with van der Waals surface area (Å²) in [6, 6.07) is 18.2. The highest BCUT2D eigenvalue weighted by Crippen LogP contribution is 2.46. The van der Waals surface area contributed by atoms with E-state index in [2.05, 4.69) is 5.32 Å². The summed E-state index contributed by atoms with van der Waals surface area (Å²) in [6.07, 6.45) is 0. The molecule has 0 radical (unpaired) electrons. The number of aryl methyl sites for hydroxylation is 1. The van der Waals surface area contributed by atoms with Crippen molar-refractivity contribution in [1.29, 1.82) is 0 Å². The number of amides is 2. The van der Waals surface area contributed by atoms with Crippen LogP contribution in [0.15, 0.2) is 60.7 Å². The molecule has 1 fully saturated rings. The molecular weight excluding hydrogens is 507 g/mol. The Morgan fingerprint density at radius 1 is 1.11 bits per heavy atom. The maximum atomic E-state index is 12.7. The van der Waals surface area contributed by atoms with Gasteiger partial charge >= 0.3 is 0 Å². The van der Waals surface area contributed by atoms with Gasteiger partial charge in [0.2, 0.25) is 5.91 Å². The molecule has 1 atom stereocenters. The Labute approximate surface area is 218 Å². The predicted molar refractivity (Wildman–Crippen MR) is 142 cm³/mol. The third-order valence-corrected chi connectivity index (χ3v) is 6.98. The second-order valence-electron chi connectivity index (χ2n) is 7.87. The second-order valence-corrected chi connectivity index (χ2v) is 9.79. The van der Waals surface area contributed by atoms with Crippen LogP contribution in [0.1, 0.15) is 23.4 Å². The topological polar surface area (TPSA) is 67.9 Å². The molecule has 1 heterocycles. The summed E-state index contributed by atoms with van der Waals surface area (Å²) in [5, 5.41) is 3.41. The van der Waals surface area contributed by atoms with E-state index in [1.807, 2.05) is 56.3 Å². The fraction of sp³-hybridized carbons (Fsp3) is 0.231. The second kappa shape index (κ2) is 11.2. The van der Waals surface area contributed by atoms with Gasteiger partial charge in [-0.25, -0.2) is 0 Å². The summed E-state index contributed by atoms with van der Waals surface area (Å²) in [5.41, 5.74) is 3.27. The fourth-order valence-electron chi connectivity index (χ4n) is 3.74. The highest BCUT2D eigenvalue weighted by atomic mass is 35.5. The lowest BCUT2D eigenvalue weighted by atomic mass is 10.1. The number of ether oxygens (including phenoxy) is 2. The first-order valence-corrected chi connectivity index (χ1v) is 12.8. The maximum Gasteiger partial charge on any atom is 0.262 e. The Balaban J connectivity index is 1.55. The van der Waals surface area contributed by atoms with Gasteiger partial charge in [-0.1, -0.05) is 35.3 Å². The van der Waals surface area contributed by atoms with Gasteiger partial charge in [-0.15, -0.1) is 11.8 Å². The zero-order valence-electron chi connectivity index (χ0n) is 19.2. The van der Waals surface area contributed by atoms with Crippen LogP contribution < -0.4 is 19.7 Å². The normalized spacial score (nSPS) is 15.3. The van der Waals surface area contributed by atoms with Crippen LogP contribution in [0.25, 0.3) is 0 Å². The van der Waals surface area contributed by atoms with Crippen molar-refractivity contribution in [2.24, 2.45) is 0 Å². The number of carbonyl (C=O) groups excluding carboxylic acids is 2. The number of thioether (sulfide) groups is 1. The quantitative estimate of drug-likeness (QED) is 0.360. The third-order valence-electron chi connectivity index (χ3n) is 5.24. The Kier molecular flexibility index (Phi) is 8.11. The number of nitrogens with one attached hydrogen (secondary N) is 1. The van der Waals surface area contributed by atoms with Crippen LogP contribution in [-0.4, -0.2) is 30.8 Å². The average Bonchev–Trinajstić information content (AvgIpc) is 3.20. The van der Waals surface area contributed by atoms with Gasteiger partial charge in [0.1, 0.15) is 5.37 Å². The largest absolute Gasteiger partial charge is 0.490 e. The molecule has 182 valence electrons. The van der Waals surface area contributed by atoms with Crippen LogP contribution in [0.5, 0.6) is 11.5 Å². The monoisotopic (exact) mass is 530 g/mol. The van der Waals surface area contributed by atoms with Crippen LogP contribution in [0, 0.1) is 6.92 Å². The summed E-state index contributed by atoms with van der Waals surface area (Å²) >= 11 is 14.1. The minimum Gasteiger partial charge on any atom is -0.490 e. The Bertz CT molecular complexity index is 1240. The molecule has 0 spiro atoms. The highest BCUT2D eigenvalue weighted by molar-refractivity contribution is 8.00. The molecule has 0 aromatic heterocycles. The van der Waals surface area contributed by atoms with Gasteiger partial charge in [0.05, 0.1) is 17.4 Å². The molecule has 1 saturated heterocycles. The first-order chi connectivity index (χ1) is 16.9. The molecule has 1 N–H and O–H groups in total. The van der Waals surface area contributed by atoms with E-state index in [1.54, 1.807) is 23.1 Å². The van der Waals surface area contributed by atoms with Crippen LogP contribution in [0.2, 0.25) is 10.0 Å². The van der Waals surface area contributed by atoms with E-state index in [0.717, 1.165) is 16.8 Å². The SMILES string of the molecule is CCOc1cc([C@H]2SCC(=O)N2c2ccc(Cl)cc2)cc(Cl)c1OCC(=O)Nc1cccc(C)c1. The molecular formula is C26H24Cl2N2O4S. The Hall–Kier alpha value is -2.87. The van der Waals surface area contributed by atoms with Gasteiger partial charge in [-0.05, 0) is 73.5 Å². The van der Waals surface area contributed by atoms with Crippen LogP contribution in [-0.2, 0) is 9.59 Å². The molecule has 35 heavy (non-hydrogen) atoms. The van der Waals surface area contributed by atoms with Gasteiger partial charge in [0.25, 0.3) is 5.91 Å². The molecule has 3 aromatic rings. The Morgan fingerprint density at radius 3 is 2.60 bits per heavy atom. The van der Waals surface area contributed by atoms with Crippen molar-refractivity contribution in [3.63, 3.8) is 0 Å². The lowest BCUT2D eigenvalue weighted by molar-refractivity contribution is -0.118. The molecule has 3 aromatic carbocycles. The molecule has 1 aliphatic rings. The van der Waals surface area contributed by atoms with Gasteiger partial charge in [-0.3, -0.25) is 14.5 Å². The molecule has 1 aliphatic heterocycles. The number of halogens is 2. The van der Waals surface area contributed by atoms with Gasteiger partial charge in [0, 0.05) is 16.4 Å². The zero-order chi connectivity index (χ0) is 24.9. The maximum absolute atomic E-state index is 12.7. The minimum atomic E-state index is -0.316. The molecule has 9 heteroatoms. The van der Waals surface area contributed by atoms with Gasteiger partial charge in [0.15, 0.2) is 18.1 Å². The van der Waals surface area contributed by atoms with E-state index in [4.69, 9.17) is 32.7 Å². The average molecular weight is 531 g/mol. The summed E-state index contributed by atoms with van der Waals surface area (Å²) in [4.78, 5) is 26.9. The van der Waals surface area contributed by atoms with E-state index in [-0.39, 0.29) is 29.5 Å². The number of rotatable bonds is 8. The van der Waals surface area contributed by atoms with Crippen molar-refractivity contribution in [2.45, 2.75) is 19.2 Å². The van der Waals surface area contributed by atoms with Crippen LogP contribution in [0.4, 0.5) is 11.4 Å². The summed E-state index contributed by atoms with van der Waals surface area (Å²) < 4.78 is 11.6. The van der Waals surface area contributed by atoms with E-state index in [0.29, 0.717) is 33.8 Å². The number of benzene rings is 3. The van der Waals surface area contributed by atoms with Crippen molar-refractivity contribution in [3.05, 3.63) is 81.8 Å². The van der Waals surface area contributed by atoms with Crippen molar-refractivity contribution < 1.29 is 19.1 Å². The molecule has 6 nitrogen and oxygen atoms in total. The van der Waals surface area contributed by atoms with Crippen molar-refractivity contribution in [3.8, 4) is 11.5 Å². The summed E-state index contributed by atoms with van der Waals surface area (Å²) in [5.74, 6) is 0.707. The van der Waals surface area contributed by atoms with Crippen LogP contribution >= 0.6 is 35.0 Å². The molecule has 0 unspecified atom stereocenters. The number of hydrogen-bond acceptors (Lipinski definition) is 5.